The number of ether oxygens (including phenoxy) is 3. The zero-order valence-electron chi connectivity index (χ0n) is 22.5. The van der Waals surface area contributed by atoms with Gasteiger partial charge in [-0.25, -0.2) is 13.1 Å². The average Bonchev–Trinajstić information content (AvgIpc) is 3.53. The summed E-state index contributed by atoms with van der Waals surface area (Å²) in [6.07, 6.45) is -2.37. The van der Waals surface area contributed by atoms with E-state index in [-0.39, 0.29) is 50.0 Å². The lowest BCUT2D eigenvalue weighted by atomic mass is 9.85. The molecule has 0 aromatic heterocycles. The molecular weight excluding hydrogens is 548 g/mol. The van der Waals surface area contributed by atoms with Gasteiger partial charge in [0.15, 0.2) is 11.5 Å². The van der Waals surface area contributed by atoms with Crippen molar-refractivity contribution in [2.45, 2.75) is 42.6 Å². The molecule has 6 rings (SSSR count). The van der Waals surface area contributed by atoms with Gasteiger partial charge in [-0.15, -0.1) is 0 Å². The highest BCUT2D eigenvalue weighted by molar-refractivity contribution is 7.89. The number of nitrogens with zero attached hydrogens (tertiary/aromatic N) is 1. The first-order valence-corrected chi connectivity index (χ1v) is 15.2. The van der Waals surface area contributed by atoms with E-state index >= 15 is 0 Å². The Morgan fingerprint density at radius 3 is 2.39 bits per heavy atom. The summed E-state index contributed by atoms with van der Waals surface area (Å²) in [4.78, 5) is 1.98. The summed E-state index contributed by atoms with van der Waals surface area (Å²) in [7, 11) is -4.02. The van der Waals surface area contributed by atoms with E-state index in [2.05, 4.69) is 4.72 Å². The molecule has 0 amide bonds. The minimum absolute atomic E-state index is 0.0311. The molecule has 2 aliphatic heterocycles. The number of hydrogen-bond donors (Lipinski definition) is 4. The van der Waals surface area contributed by atoms with Crippen LogP contribution in [0.25, 0.3) is 11.1 Å². The van der Waals surface area contributed by atoms with Gasteiger partial charge >= 0.3 is 0 Å². The summed E-state index contributed by atoms with van der Waals surface area (Å²) in [6, 6.07) is 20.1. The van der Waals surface area contributed by atoms with Crippen molar-refractivity contribution in [2.75, 3.05) is 33.0 Å². The molecule has 218 valence electrons. The molecule has 1 fully saturated rings. The van der Waals surface area contributed by atoms with Gasteiger partial charge in [-0.2, -0.15) is 0 Å². The maximum Gasteiger partial charge on any atom is 0.244 e. The molecule has 0 radical (unpaired) electrons. The van der Waals surface area contributed by atoms with E-state index in [1.54, 1.807) is 12.1 Å². The SMILES string of the molecule is O=S1(=O)NC[C@H](O)CN(Cc2ccc3c(c2)OCO3)CC2(COc3cc(-c4ccccc4)ccc31)C[C@@H](O)[C@@H](O)C2. The highest BCUT2D eigenvalue weighted by Crippen LogP contribution is 2.42. The molecular formula is C30H34N2O8S. The van der Waals surface area contributed by atoms with Gasteiger partial charge in [-0.1, -0.05) is 42.5 Å². The summed E-state index contributed by atoms with van der Waals surface area (Å²) >= 11 is 0. The number of aliphatic hydroxyl groups excluding tert-OH is 3. The number of benzene rings is 3. The molecule has 3 aliphatic rings. The maximum atomic E-state index is 13.4. The maximum absolute atomic E-state index is 13.4. The summed E-state index contributed by atoms with van der Waals surface area (Å²) in [5, 5.41) is 32.2. The second-order valence-electron chi connectivity index (χ2n) is 11.2. The monoisotopic (exact) mass is 582 g/mol. The van der Waals surface area contributed by atoms with Crippen LogP contribution in [-0.2, 0) is 16.6 Å². The van der Waals surface area contributed by atoms with Gasteiger partial charge in [0.05, 0.1) is 24.9 Å². The lowest BCUT2D eigenvalue weighted by molar-refractivity contribution is 0.0427. The van der Waals surface area contributed by atoms with Crippen molar-refractivity contribution in [3.63, 3.8) is 0 Å². The van der Waals surface area contributed by atoms with E-state index < -0.39 is 33.8 Å². The van der Waals surface area contributed by atoms with Crippen molar-refractivity contribution >= 4 is 10.0 Å². The van der Waals surface area contributed by atoms with Crippen LogP contribution in [0.4, 0.5) is 0 Å². The number of aliphatic hydroxyl groups is 3. The van der Waals surface area contributed by atoms with Gasteiger partial charge in [0, 0.05) is 31.6 Å². The third-order valence-corrected chi connectivity index (χ3v) is 9.45. The Hall–Kier alpha value is -3.19. The Balaban J connectivity index is 1.35. The molecule has 41 heavy (non-hydrogen) atoms. The Kier molecular flexibility index (Phi) is 7.66. The number of nitrogens with one attached hydrogen (secondary N) is 1. The Morgan fingerprint density at radius 2 is 1.61 bits per heavy atom. The molecule has 2 heterocycles. The van der Waals surface area contributed by atoms with E-state index in [9.17, 15) is 23.7 Å². The number of sulfonamides is 1. The predicted molar refractivity (Wildman–Crippen MR) is 150 cm³/mol. The highest BCUT2D eigenvalue weighted by atomic mass is 32.2. The molecule has 1 saturated carbocycles. The van der Waals surface area contributed by atoms with Crippen molar-refractivity contribution < 1.29 is 37.9 Å². The lowest BCUT2D eigenvalue weighted by Gasteiger charge is -2.37. The minimum Gasteiger partial charge on any atom is -0.492 e. The predicted octanol–water partition coefficient (Wildman–Crippen LogP) is 2.12. The van der Waals surface area contributed by atoms with Crippen molar-refractivity contribution in [1.82, 2.24) is 9.62 Å². The van der Waals surface area contributed by atoms with Gasteiger partial charge < -0.3 is 29.5 Å². The third-order valence-electron chi connectivity index (χ3n) is 7.98. The Bertz CT molecular complexity index is 1490. The van der Waals surface area contributed by atoms with Crippen LogP contribution in [0.3, 0.4) is 0 Å². The van der Waals surface area contributed by atoms with E-state index in [1.165, 1.54) is 6.07 Å². The van der Waals surface area contributed by atoms with Crippen LogP contribution < -0.4 is 18.9 Å². The molecule has 3 aromatic carbocycles. The second-order valence-corrected chi connectivity index (χ2v) is 13.0. The average molecular weight is 583 g/mol. The fourth-order valence-corrected chi connectivity index (χ4v) is 7.22. The van der Waals surface area contributed by atoms with E-state index in [0.29, 0.717) is 24.6 Å². The first-order chi connectivity index (χ1) is 19.7. The van der Waals surface area contributed by atoms with Gasteiger partial charge in [-0.05, 0) is 53.8 Å². The van der Waals surface area contributed by atoms with E-state index in [4.69, 9.17) is 14.2 Å². The van der Waals surface area contributed by atoms with Crippen LogP contribution in [0.15, 0.2) is 71.6 Å². The molecule has 1 aliphatic carbocycles. The largest absolute Gasteiger partial charge is 0.492 e. The van der Waals surface area contributed by atoms with Crippen molar-refractivity contribution in [2.24, 2.45) is 5.41 Å². The molecule has 1 unspecified atom stereocenters. The van der Waals surface area contributed by atoms with Gasteiger partial charge in [0.1, 0.15) is 10.6 Å². The normalized spacial score (nSPS) is 27.9. The topological polar surface area (TPSA) is 138 Å². The fourth-order valence-electron chi connectivity index (χ4n) is 6.02. The van der Waals surface area contributed by atoms with Crippen molar-refractivity contribution in [1.29, 1.82) is 0 Å². The zero-order chi connectivity index (χ0) is 28.6. The number of rotatable bonds is 3. The standard InChI is InChI=1S/C30H34N2O8S/c33-23-14-31-41(36,37)29-9-7-22(21-4-2-1-3-5-21)11-28(29)38-18-30(12-24(34)25(35)13-30)17-32(16-23)15-20-6-8-26-27(10-20)40-19-39-26/h1-11,23-25,31,33-35H,12-19H2/t23-,24-,25+,30?/m0/s1. The van der Waals surface area contributed by atoms with Crippen LogP contribution in [-0.4, -0.2) is 80.0 Å². The molecule has 11 heteroatoms. The van der Waals surface area contributed by atoms with Crippen LogP contribution in [0.5, 0.6) is 17.2 Å². The second kappa shape index (κ2) is 11.2. The van der Waals surface area contributed by atoms with Gasteiger partial charge in [0.2, 0.25) is 16.8 Å². The van der Waals surface area contributed by atoms with Crippen molar-refractivity contribution in [3.05, 3.63) is 72.3 Å². The first kappa shape index (κ1) is 28.0. The number of β-amino-alcohol motifs (C(OH)–C–C–N with tert-alkyl or cyclic N) is 1. The number of hydrogen-bond acceptors (Lipinski definition) is 9. The van der Waals surface area contributed by atoms with Gasteiger partial charge in [-0.3, -0.25) is 4.90 Å². The third kappa shape index (κ3) is 6.06. The fraction of sp³-hybridized carbons (Fsp3) is 0.400. The molecule has 3 aromatic rings. The summed E-state index contributed by atoms with van der Waals surface area (Å²) in [6.45, 7) is 1.000. The molecule has 4 atom stereocenters. The van der Waals surface area contributed by atoms with Crippen LogP contribution in [0.2, 0.25) is 0 Å². The number of fused-ring (bicyclic) bond motifs is 2. The van der Waals surface area contributed by atoms with Crippen LogP contribution >= 0.6 is 0 Å². The Labute approximate surface area is 239 Å². The highest BCUT2D eigenvalue weighted by Gasteiger charge is 2.46. The molecule has 0 saturated heterocycles. The summed E-state index contributed by atoms with van der Waals surface area (Å²) < 4.78 is 46.6. The van der Waals surface area contributed by atoms with Gasteiger partial charge in [0.25, 0.3) is 0 Å². The van der Waals surface area contributed by atoms with E-state index in [1.807, 2.05) is 53.4 Å². The smallest absolute Gasteiger partial charge is 0.244 e. The molecule has 1 spiro atoms. The summed E-state index contributed by atoms with van der Waals surface area (Å²) in [5.41, 5.74) is 1.91. The minimum atomic E-state index is -4.02. The first-order valence-electron chi connectivity index (χ1n) is 13.7. The van der Waals surface area contributed by atoms with Crippen LogP contribution in [0, 0.1) is 5.41 Å². The molecule has 0 bridgehead atoms. The molecule has 10 nitrogen and oxygen atoms in total. The molecule has 4 N–H and O–H groups in total. The van der Waals surface area contributed by atoms with Crippen LogP contribution in [0.1, 0.15) is 18.4 Å². The van der Waals surface area contributed by atoms with Crippen molar-refractivity contribution in [3.8, 4) is 28.4 Å². The lowest BCUT2D eigenvalue weighted by Crippen LogP contribution is -2.46. The zero-order valence-corrected chi connectivity index (χ0v) is 23.3. The summed E-state index contributed by atoms with van der Waals surface area (Å²) in [5.74, 6) is 1.48. The van der Waals surface area contributed by atoms with E-state index in [0.717, 1.165) is 16.7 Å². The quantitative estimate of drug-likeness (QED) is 0.366. The Morgan fingerprint density at radius 1 is 0.854 bits per heavy atom.